The number of nitrogens with one attached hydrogen (secondary N) is 1. The van der Waals surface area contributed by atoms with Gasteiger partial charge in [-0.05, 0) is 152 Å². The standard InChI is InChI=1S/C38H24N2S4.C14H4Br2S4.C12H11N/c1-5-13-25(14-6-1)39(26-15-7-2-8-16-26)32-23-29-34-35(42-31-21-22-41-38(31)34)30-24-33(44-37(30)36(29)43-32)40(27-17-9-3-10-18-27)28-19-11-4-12-20-28;15-8-3-5-10-11(18-7-1-2-17-14(7)10)6-4-9(16)20-13(6)12(5)19-8;1-3-7-11(8-4-1)13-12-9-5-2-6-10-12/h1-24H;1-4H;1-10,13H. The van der Waals surface area contributed by atoms with Gasteiger partial charge in [0.1, 0.15) is 10.0 Å². The first kappa shape index (κ1) is 49.1. The zero-order valence-corrected chi connectivity index (χ0v) is 50.1. The van der Waals surface area contributed by atoms with Gasteiger partial charge >= 0.3 is 0 Å². The van der Waals surface area contributed by atoms with Crippen LogP contribution in [-0.2, 0) is 0 Å². The molecular weight excluding hydrogens is 1230 g/mol. The van der Waals surface area contributed by atoms with Crippen molar-refractivity contribution < 1.29 is 0 Å². The summed E-state index contributed by atoms with van der Waals surface area (Å²) in [5, 5.41) is 18.5. The van der Waals surface area contributed by atoms with Crippen LogP contribution >= 0.6 is 123 Å². The summed E-state index contributed by atoms with van der Waals surface area (Å²) in [4.78, 5) is 4.79. The Kier molecular flexibility index (Phi) is 13.5. The normalized spacial score (nSPS) is 11.5. The molecule has 0 fully saturated rings. The van der Waals surface area contributed by atoms with E-state index in [-0.39, 0.29) is 0 Å². The average molecular weight is 1270 g/mol. The highest BCUT2D eigenvalue weighted by Crippen LogP contribution is 2.56. The summed E-state index contributed by atoms with van der Waals surface area (Å²) >= 11 is 22.4. The van der Waals surface area contributed by atoms with E-state index < -0.39 is 0 Å². The molecule has 0 aliphatic rings. The number of rotatable bonds is 8. The Morgan fingerprint density at radius 1 is 0.299 bits per heavy atom. The average Bonchev–Trinajstić information content (AvgIpc) is 4.47. The van der Waals surface area contributed by atoms with Crippen LogP contribution in [-0.4, -0.2) is 0 Å². The Labute approximate surface area is 492 Å². The van der Waals surface area contributed by atoms with Crippen LogP contribution in [0, 0.1) is 0 Å². The highest BCUT2D eigenvalue weighted by molar-refractivity contribution is 9.11. The lowest BCUT2D eigenvalue weighted by molar-refractivity contribution is 1.32. The molecule has 16 rings (SSSR count). The Hall–Kier alpha value is -6.20. The number of hydrogen-bond acceptors (Lipinski definition) is 11. The van der Waals surface area contributed by atoms with Crippen LogP contribution in [0.1, 0.15) is 0 Å². The summed E-state index contributed by atoms with van der Waals surface area (Å²) in [5.41, 5.74) is 6.89. The van der Waals surface area contributed by atoms with E-state index in [1.807, 2.05) is 151 Å². The van der Waals surface area contributed by atoms with Gasteiger partial charge < -0.3 is 15.1 Å². The monoisotopic (exact) mass is 1260 g/mol. The van der Waals surface area contributed by atoms with E-state index in [1.165, 1.54) is 96.9 Å². The van der Waals surface area contributed by atoms with Crippen LogP contribution in [0.5, 0.6) is 0 Å². The lowest BCUT2D eigenvalue weighted by Crippen LogP contribution is -2.07. The number of fused-ring (bicyclic) bond motifs is 16. The number of benzene rings is 8. The molecular formula is C64H39Br2N3S8. The summed E-state index contributed by atoms with van der Waals surface area (Å²) in [6.45, 7) is 0. The van der Waals surface area contributed by atoms with Crippen molar-refractivity contribution in [3.63, 3.8) is 0 Å². The summed E-state index contributed by atoms with van der Waals surface area (Å²) in [6, 6.07) is 77.1. The quantitative estimate of drug-likeness (QED) is 0.164. The van der Waals surface area contributed by atoms with Gasteiger partial charge in [0.05, 0.1) is 35.8 Å². The van der Waals surface area contributed by atoms with Gasteiger partial charge in [-0.3, -0.25) is 0 Å². The summed E-state index contributed by atoms with van der Waals surface area (Å²) in [5.74, 6) is 0. The van der Waals surface area contributed by atoms with Gasteiger partial charge in [-0.25, -0.2) is 0 Å². The third-order valence-electron chi connectivity index (χ3n) is 13.2. The SMILES string of the molecule is Brc1cc2c(s1)c1sc(Br)cc1c1c3sccc3sc21.c1ccc(N(c2ccccc2)c2cc3c(s2)c2sc(N(c4ccccc4)c4ccccc4)cc2c2c4sccc4sc32)cc1.c1ccc(Nc2ccccc2)cc1. The number of halogens is 2. The molecule has 13 heteroatoms. The van der Waals surface area contributed by atoms with Crippen LogP contribution in [0.3, 0.4) is 0 Å². The maximum atomic E-state index is 3.66. The van der Waals surface area contributed by atoms with E-state index in [1.54, 1.807) is 0 Å². The number of para-hydroxylation sites is 6. The third kappa shape index (κ3) is 9.29. The van der Waals surface area contributed by atoms with Crippen LogP contribution in [0.2, 0.25) is 0 Å². The fourth-order valence-electron chi connectivity index (χ4n) is 9.92. The van der Waals surface area contributed by atoms with Gasteiger partial charge in [0.25, 0.3) is 0 Å². The van der Waals surface area contributed by atoms with Crippen molar-refractivity contribution in [1.29, 1.82) is 0 Å². The Morgan fingerprint density at radius 3 is 1.05 bits per heavy atom. The van der Waals surface area contributed by atoms with Gasteiger partial charge in [-0.2, -0.15) is 0 Å². The van der Waals surface area contributed by atoms with E-state index in [0.717, 1.165) is 34.1 Å². The van der Waals surface area contributed by atoms with Gasteiger partial charge in [-0.15, -0.1) is 90.7 Å². The molecule has 0 saturated carbocycles. The molecule has 0 saturated heterocycles. The first-order valence-corrected chi connectivity index (χ1v) is 32.8. The van der Waals surface area contributed by atoms with Crippen LogP contribution < -0.4 is 15.1 Å². The van der Waals surface area contributed by atoms with E-state index in [9.17, 15) is 0 Å². The fourth-order valence-corrected chi connectivity index (χ4v) is 20.8. The first-order chi connectivity index (χ1) is 38.0. The molecule has 8 heterocycles. The summed E-state index contributed by atoms with van der Waals surface area (Å²) in [7, 11) is 0. The third-order valence-corrected chi connectivity index (χ3v) is 23.6. The van der Waals surface area contributed by atoms with E-state index in [2.05, 4.69) is 215 Å². The molecule has 16 aromatic rings. The summed E-state index contributed by atoms with van der Waals surface area (Å²) in [6.07, 6.45) is 0. The molecule has 8 aromatic heterocycles. The molecule has 0 aliphatic carbocycles. The Bertz CT molecular complexity index is 4570. The minimum atomic E-state index is 1.12. The minimum Gasteiger partial charge on any atom is -0.356 e. The van der Waals surface area contributed by atoms with Gasteiger partial charge in [-0.1, -0.05) is 109 Å². The van der Waals surface area contributed by atoms with Gasteiger partial charge in [0.2, 0.25) is 0 Å². The van der Waals surface area contributed by atoms with Crippen molar-refractivity contribution in [2.45, 2.75) is 0 Å². The van der Waals surface area contributed by atoms with Crippen molar-refractivity contribution >= 4 is 246 Å². The molecule has 0 aliphatic heterocycles. The molecule has 0 unspecified atom stereocenters. The van der Waals surface area contributed by atoms with Crippen molar-refractivity contribution in [3.8, 4) is 0 Å². The molecule has 1 N–H and O–H groups in total. The number of anilines is 8. The Balaban J connectivity index is 0.000000133. The second-order valence-electron chi connectivity index (χ2n) is 18.0. The molecule has 0 atom stereocenters. The number of thiophene rings is 8. The number of hydrogen-bond donors (Lipinski definition) is 1. The zero-order chi connectivity index (χ0) is 51.4. The Morgan fingerprint density at radius 2 is 0.623 bits per heavy atom. The van der Waals surface area contributed by atoms with Crippen molar-refractivity contribution in [2.75, 3.05) is 15.1 Å². The second kappa shape index (κ2) is 21.2. The molecule has 0 radical (unpaired) electrons. The zero-order valence-electron chi connectivity index (χ0n) is 40.4. The molecule has 0 spiro atoms. The smallest absolute Gasteiger partial charge is 0.101 e. The van der Waals surface area contributed by atoms with Gasteiger partial charge in [0.15, 0.2) is 0 Å². The molecule has 372 valence electrons. The maximum absolute atomic E-state index is 3.66. The predicted molar refractivity (Wildman–Crippen MR) is 357 cm³/mol. The van der Waals surface area contributed by atoms with Gasteiger partial charge in [0, 0.05) is 85.2 Å². The highest BCUT2D eigenvalue weighted by Gasteiger charge is 2.25. The van der Waals surface area contributed by atoms with Crippen molar-refractivity contribution in [1.82, 2.24) is 0 Å². The predicted octanol–water partition coefficient (Wildman–Crippen LogP) is 25.0. The lowest BCUT2D eigenvalue weighted by atomic mass is 10.1. The lowest BCUT2D eigenvalue weighted by Gasteiger charge is -2.23. The first-order valence-electron chi connectivity index (χ1n) is 24.6. The maximum Gasteiger partial charge on any atom is 0.101 e. The van der Waals surface area contributed by atoms with E-state index in [4.69, 9.17) is 0 Å². The fraction of sp³-hybridized carbons (Fsp3) is 0. The molecule has 8 aromatic carbocycles. The largest absolute Gasteiger partial charge is 0.356 e. The second-order valence-corrected chi connectivity index (χ2v) is 28.8. The van der Waals surface area contributed by atoms with Crippen LogP contribution in [0.15, 0.2) is 237 Å². The van der Waals surface area contributed by atoms with E-state index >= 15 is 0 Å². The van der Waals surface area contributed by atoms with Crippen LogP contribution in [0.25, 0.3) is 79.3 Å². The molecule has 0 bridgehead atoms. The topological polar surface area (TPSA) is 18.5 Å². The molecule has 0 amide bonds. The molecule has 3 nitrogen and oxygen atoms in total. The van der Waals surface area contributed by atoms with Crippen molar-refractivity contribution in [2.24, 2.45) is 0 Å². The highest BCUT2D eigenvalue weighted by atomic mass is 79.9. The number of nitrogens with zero attached hydrogens (tertiary/aromatic N) is 2. The van der Waals surface area contributed by atoms with Crippen molar-refractivity contribution in [3.05, 3.63) is 237 Å². The molecule has 77 heavy (non-hydrogen) atoms. The van der Waals surface area contributed by atoms with Crippen LogP contribution in [0.4, 0.5) is 44.1 Å². The summed E-state index contributed by atoms with van der Waals surface area (Å²) < 4.78 is 16.3. The van der Waals surface area contributed by atoms with E-state index in [0.29, 0.717) is 0 Å². The minimum absolute atomic E-state index is 1.12.